The van der Waals surface area contributed by atoms with Crippen LogP contribution in [0.2, 0.25) is 0 Å². The summed E-state index contributed by atoms with van der Waals surface area (Å²) in [6.07, 6.45) is 4.70. The van der Waals surface area contributed by atoms with Crippen LogP contribution in [0.15, 0.2) is 60.9 Å². The van der Waals surface area contributed by atoms with Gasteiger partial charge in [-0.3, -0.25) is 10.2 Å². The second-order valence-corrected chi connectivity index (χ2v) is 6.26. The van der Waals surface area contributed by atoms with Gasteiger partial charge in [-0.15, -0.1) is 0 Å². The molecule has 1 aromatic carbocycles. The quantitative estimate of drug-likeness (QED) is 0.660. The molecule has 0 radical (unpaired) electrons. The lowest BCUT2D eigenvalue weighted by molar-refractivity contribution is -0.124. The number of fused-ring (bicyclic) bond motifs is 1. The molecule has 128 valence electrons. The summed E-state index contributed by atoms with van der Waals surface area (Å²) in [4.78, 5) is 17.1. The molecule has 0 spiro atoms. The molecule has 6 heteroatoms. The van der Waals surface area contributed by atoms with Crippen molar-refractivity contribution in [3.63, 3.8) is 0 Å². The Morgan fingerprint density at radius 1 is 1.20 bits per heavy atom. The fourth-order valence-corrected chi connectivity index (χ4v) is 3.27. The Morgan fingerprint density at radius 3 is 2.88 bits per heavy atom. The lowest BCUT2D eigenvalue weighted by Gasteiger charge is -2.18. The van der Waals surface area contributed by atoms with Crippen molar-refractivity contribution in [2.45, 2.75) is 12.5 Å². The summed E-state index contributed by atoms with van der Waals surface area (Å²) in [6, 6.07) is 16.0. The number of nitrogens with zero attached hydrogens (tertiary/aromatic N) is 2. The number of hydrazine groups is 1. The van der Waals surface area contributed by atoms with Crippen molar-refractivity contribution in [1.82, 2.24) is 25.6 Å². The van der Waals surface area contributed by atoms with Crippen LogP contribution in [0.1, 0.15) is 17.3 Å². The molecule has 3 aromatic rings. The Bertz CT molecular complexity index is 827. The highest BCUT2D eigenvalue weighted by Gasteiger charge is 2.33. The number of pyridine rings is 1. The lowest BCUT2D eigenvalue weighted by atomic mass is 9.94. The summed E-state index contributed by atoms with van der Waals surface area (Å²) in [6.45, 7) is 1.21. The number of carbonyl (C=O) groups excluding carboxylic acids is 1. The number of hydrogen-bond donors (Lipinski definition) is 3. The first-order valence-corrected chi connectivity index (χ1v) is 8.55. The zero-order valence-electron chi connectivity index (χ0n) is 13.9. The average molecular weight is 335 g/mol. The van der Waals surface area contributed by atoms with E-state index in [1.165, 1.54) is 0 Å². The van der Waals surface area contributed by atoms with Gasteiger partial charge in [0.25, 0.3) is 0 Å². The first-order chi connectivity index (χ1) is 12.3. The molecule has 0 bridgehead atoms. The van der Waals surface area contributed by atoms with Crippen molar-refractivity contribution < 1.29 is 4.79 Å². The summed E-state index contributed by atoms with van der Waals surface area (Å²) in [5, 5.41) is 3.05. The number of hydrogen-bond acceptors (Lipinski definition) is 4. The van der Waals surface area contributed by atoms with E-state index < -0.39 is 0 Å². The molecule has 1 amide bonds. The van der Waals surface area contributed by atoms with Crippen molar-refractivity contribution in [3.8, 4) is 0 Å². The molecular formula is C19H21N5O. The second-order valence-electron chi connectivity index (χ2n) is 6.26. The Labute approximate surface area is 146 Å². The normalized spacial score (nSPS) is 20.0. The van der Waals surface area contributed by atoms with Gasteiger partial charge < -0.3 is 9.72 Å². The highest BCUT2D eigenvalue weighted by Crippen LogP contribution is 2.24. The Kier molecular flexibility index (Phi) is 4.45. The van der Waals surface area contributed by atoms with Gasteiger partial charge in [-0.2, -0.15) is 0 Å². The third-order valence-corrected chi connectivity index (χ3v) is 4.57. The number of nitrogens with one attached hydrogen (secondary N) is 3. The van der Waals surface area contributed by atoms with Crippen LogP contribution in [0.25, 0.3) is 5.65 Å². The molecule has 6 nitrogen and oxygen atoms in total. The van der Waals surface area contributed by atoms with E-state index in [-0.39, 0.29) is 17.9 Å². The number of imidazole rings is 1. The van der Waals surface area contributed by atoms with E-state index in [4.69, 9.17) is 0 Å². The van der Waals surface area contributed by atoms with Crippen LogP contribution >= 0.6 is 0 Å². The van der Waals surface area contributed by atoms with Gasteiger partial charge in [-0.25, -0.2) is 10.4 Å². The summed E-state index contributed by atoms with van der Waals surface area (Å²) >= 11 is 0. The minimum absolute atomic E-state index is 0.00334. The minimum Gasteiger partial charge on any atom is -0.355 e. The predicted octanol–water partition coefficient (Wildman–Crippen LogP) is 1.46. The molecule has 2 unspecified atom stereocenters. The molecule has 2 aromatic heterocycles. The fraction of sp³-hybridized carbons (Fsp3) is 0.263. The zero-order valence-corrected chi connectivity index (χ0v) is 13.9. The highest BCUT2D eigenvalue weighted by atomic mass is 16.2. The van der Waals surface area contributed by atoms with E-state index >= 15 is 0 Å². The third-order valence-electron chi connectivity index (χ3n) is 4.57. The van der Waals surface area contributed by atoms with Gasteiger partial charge in [0.15, 0.2) is 0 Å². The lowest BCUT2D eigenvalue weighted by Crippen LogP contribution is -2.36. The van der Waals surface area contributed by atoms with E-state index in [1.807, 2.05) is 65.3 Å². The molecule has 3 heterocycles. The first-order valence-electron chi connectivity index (χ1n) is 8.55. The van der Waals surface area contributed by atoms with Crippen LogP contribution in [0.3, 0.4) is 0 Å². The molecule has 1 saturated heterocycles. The number of aromatic nitrogens is 2. The van der Waals surface area contributed by atoms with Gasteiger partial charge in [-0.1, -0.05) is 36.4 Å². The average Bonchev–Trinajstić information content (AvgIpc) is 3.29. The summed E-state index contributed by atoms with van der Waals surface area (Å²) in [7, 11) is 0. The summed E-state index contributed by atoms with van der Waals surface area (Å²) in [5.74, 6) is -0.0569. The molecule has 1 aliphatic heterocycles. The summed E-state index contributed by atoms with van der Waals surface area (Å²) in [5.41, 5.74) is 9.33. The van der Waals surface area contributed by atoms with Gasteiger partial charge in [0.2, 0.25) is 5.91 Å². The van der Waals surface area contributed by atoms with E-state index in [1.54, 1.807) is 0 Å². The van der Waals surface area contributed by atoms with Crippen molar-refractivity contribution in [1.29, 1.82) is 0 Å². The Morgan fingerprint density at radius 2 is 2.04 bits per heavy atom. The van der Waals surface area contributed by atoms with Crippen LogP contribution in [-0.4, -0.2) is 28.4 Å². The van der Waals surface area contributed by atoms with E-state index in [0.29, 0.717) is 13.1 Å². The molecule has 1 fully saturated rings. The van der Waals surface area contributed by atoms with Crippen molar-refractivity contribution in [3.05, 3.63) is 72.2 Å². The van der Waals surface area contributed by atoms with Crippen LogP contribution in [0, 0.1) is 5.92 Å². The Balaban J connectivity index is 1.35. The van der Waals surface area contributed by atoms with Gasteiger partial charge in [0.05, 0.1) is 17.7 Å². The topological polar surface area (TPSA) is 70.5 Å². The van der Waals surface area contributed by atoms with Gasteiger partial charge in [0.1, 0.15) is 5.65 Å². The maximum Gasteiger partial charge on any atom is 0.226 e. The van der Waals surface area contributed by atoms with Crippen molar-refractivity contribution >= 4 is 11.6 Å². The molecule has 0 saturated carbocycles. The minimum atomic E-state index is -0.122. The predicted molar refractivity (Wildman–Crippen MR) is 95.7 cm³/mol. The smallest absolute Gasteiger partial charge is 0.226 e. The monoisotopic (exact) mass is 335 g/mol. The summed E-state index contributed by atoms with van der Waals surface area (Å²) < 4.78 is 1.99. The first kappa shape index (κ1) is 15.8. The molecule has 3 N–H and O–H groups in total. The van der Waals surface area contributed by atoms with Gasteiger partial charge in [0, 0.05) is 31.9 Å². The van der Waals surface area contributed by atoms with Gasteiger partial charge >= 0.3 is 0 Å². The highest BCUT2D eigenvalue weighted by molar-refractivity contribution is 5.80. The Hall–Kier alpha value is -2.70. The van der Waals surface area contributed by atoms with Gasteiger partial charge in [-0.05, 0) is 17.7 Å². The van der Waals surface area contributed by atoms with E-state index in [2.05, 4.69) is 21.2 Å². The molecule has 2 atom stereocenters. The molecule has 4 rings (SSSR count). The number of rotatable bonds is 5. The molecule has 25 heavy (non-hydrogen) atoms. The van der Waals surface area contributed by atoms with Crippen LogP contribution < -0.4 is 16.2 Å². The van der Waals surface area contributed by atoms with Crippen LogP contribution in [-0.2, 0) is 11.2 Å². The zero-order chi connectivity index (χ0) is 17.1. The maximum absolute atomic E-state index is 12.6. The third kappa shape index (κ3) is 3.40. The largest absolute Gasteiger partial charge is 0.355 e. The molecule has 0 aliphatic carbocycles. The number of benzene rings is 1. The SMILES string of the molecule is O=C(NCCc1cn2ccccc2n1)C1CNNC1c1ccccc1. The molecule has 1 aliphatic rings. The second kappa shape index (κ2) is 7.04. The molecular weight excluding hydrogens is 314 g/mol. The maximum atomic E-state index is 12.6. The number of carbonyl (C=O) groups is 1. The van der Waals surface area contributed by atoms with E-state index in [0.717, 1.165) is 23.3 Å². The van der Waals surface area contributed by atoms with Crippen molar-refractivity contribution in [2.75, 3.05) is 13.1 Å². The van der Waals surface area contributed by atoms with Crippen LogP contribution in [0.5, 0.6) is 0 Å². The number of amides is 1. The van der Waals surface area contributed by atoms with Crippen LogP contribution in [0.4, 0.5) is 0 Å². The van der Waals surface area contributed by atoms with Crippen molar-refractivity contribution in [2.24, 2.45) is 5.92 Å². The fourth-order valence-electron chi connectivity index (χ4n) is 3.27. The standard InChI is InChI=1S/C19H21N5O/c25-19(16-12-21-23-18(16)14-6-2-1-3-7-14)20-10-9-15-13-24-11-5-4-8-17(24)22-15/h1-8,11,13,16,18,21,23H,9-10,12H2,(H,20,25). The van der Waals surface area contributed by atoms with E-state index in [9.17, 15) is 4.79 Å².